The third-order valence-electron chi connectivity index (χ3n) is 2.99. The number of hydrogen-bond acceptors (Lipinski definition) is 2. The predicted molar refractivity (Wildman–Crippen MR) is 88.2 cm³/mol. The number of nitrogens with one attached hydrogen (secondary N) is 3. The summed E-state index contributed by atoms with van der Waals surface area (Å²) in [5.41, 5.74) is 0.928. The number of rotatable bonds is 8. The lowest BCUT2D eigenvalue weighted by Gasteiger charge is -2.14. The summed E-state index contributed by atoms with van der Waals surface area (Å²) in [7, 11) is 1.89. The maximum Gasteiger partial charge on any atom is 0.275 e. The fourth-order valence-electron chi connectivity index (χ4n) is 1.90. The van der Waals surface area contributed by atoms with Gasteiger partial charge in [-0.05, 0) is 18.6 Å². The van der Waals surface area contributed by atoms with Crippen LogP contribution in [-0.2, 0) is 16.1 Å². The van der Waals surface area contributed by atoms with Gasteiger partial charge < -0.3 is 15.5 Å². The monoisotopic (exact) mass is 346 g/mol. The first-order chi connectivity index (χ1) is 10.4. The molecule has 2 amide bonds. The molecule has 5 nitrogen and oxygen atoms in total. The van der Waals surface area contributed by atoms with E-state index in [0.717, 1.165) is 16.9 Å². The predicted octanol–water partition coefficient (Wildman–Crippen LogP) is 0.651. The normalized spacial score (nSPS) is 11.8. The van der Waals surface area contributed by atoms with Gasteiger partial charge in [0.05, 0.1) is 18.6 Å². The molecule has 0 saturated heterocycles. The first-order valence-electron chi connectivity index (χ1n) is 7.21. The summed E-state index contributed by atoms with van der Waals surface area (Å²) in [5.74, 6) is -0.345. The van der Waals surface area contributed by atoms with E-state index in [0.29, 0.717) is 23.1 Å². The SMILES string of the molecule is CCCNC(=O)CNC(=O)C[NH+](C)Cc1ccc(Cl)cc1Cl. The summed E-state index contributed by atoms with van der Waals surface area (Å²) in [5, 5.41) is 6.48. The van der Waals surface area contributed by atoms with Gasteiger partial charge in [-0.2, -0.15) is 0 Å². The highest BCUT2D eigenvalue weighted by Gasteiger charge is 2.13. The lowest BCUT2D eigenvalue weighted by molar-refractivity contribution is -0.885. The number of amides is 2. The van der Waals surface area contributed by atoms with E-state index in [1.54, 1.807) is 12.1 Å². The molecular weight excluding hydrogens is 325 g/mol. The Labute approximate surface area is 141 Å². The first-order valence-corrected chi connectivity index (χ1v) is 7.96. The zero-order chi connectivity index (χ0) is 16.5. The molecule has 0 radical (unpaired) electrons. The summed E-state index contributed by atoms with van der Waals surface area (Å²) in [6.45, 7) is 3.47. The molecule has 0 fully saturated rings. The highest BCUT2D eigenvalue weighted by molar-refractivity contribution is 6.35. The minimum Gasteiger partial charge on any atom is -0.355 e. The van der Waals surface area contributed by atoms with E-state index >= 15 is 0 Å². The molecular formula is C15H22Cl2N3O2+. The molecule has 7 heteroatoms. The highest BCUT2D eigenvalue weighted by atomic mass is 35.5. The van der Waals surface area contributed by atoms with Crippen LogP contribution in [0.3, 0.4) is 0 Å². The third-order valence-corrected chi connectivity index (χ3v) is 3.57. The summed E-state index contributed by atoms with van der Waals surface area (Å²) >= 11 is 12.0. The van der Waals surface area contributed by atoms with Crippen molar-refractivity contribution in [2.24, 2.45) is 0 Å². The largest absolute Gasteiger partial charge is 0.355 e. The number of carbonyl (C=O) groups excluding carboxylic acids is 2. The van der Waals surface area contributed by atoms with Crippen LogP contribution in [0.2, 0.25) is 10.0 Å². The quantitative estimate of drug-likeness (QED) is 0.647. The Morgan fingerprint density at radius 1 is 1.18 bits per heavy atom. The van der Waals surface area contributed by atoms with Gasteiger partial charge >= 0.3 is 0 Å². The van der Waals surface area contributed by atoms with Crippen LogP contribution in [0.15, 0.2) is 18.2 Å². The second-order valence-corrected chi connectivity index (χ2v) is 6.02. The van der Waals surface area contributed by atoms with E-state index in [2.05, 4.69) is 10.6 Å². The van der Waals surface area contributed by atoms with Crippen molar-refractivity contribution in [2.75, 3.05) is 26.7 Å². The standard InChI is InChI=1S/C15H21Cl2N3O2/c1-3-6-18-14(21)8-19-15(22)10-20(2)9-11-4-5-12(16)7-13(11)17/h4-5,7H,3,6,8-10H2,1-2H3,(H,18,21)(H,19,22)/p+1. The van der Waals surface area contributed by atoms with Gasteiger partial charge in [0.25, 0.3) is 5.91 Å². The molecule has 3 N–H and O–H groups in total. The lowest BCUT2D eigenvalue weighted by atomic mass is 10.2. The van der Waals surface area contributed by atoms with Crippen molar-refractivity contribution in [2.45, 2.75) is 19.9 Å². The average molecular weight is 347 g/mol. The van der Waals surface area contributed by atoms with Crippen molar-refractivity contribution < 1.29 is 14.5 Å². The van der Waals surface area contributed by atoms with E-state index in [4.69, 9.17) is 23.2 Å². The van der Waals surface area contributed by atoms with Gasteiger partial charge in [-0.1, -0.05) is 36.2 Å². The van der Waals surface area contributed by atoms with Gasteiger partial charge in [-0.25, -0.2) is 0 Å². The third kappa shape index (κ3) is 7.11. The Kier molecular flexibility index (Phi) is 8.24. The van der Waals surface area contributed by atoms with Crippen LogP contribution >= 0.6 is 23.2 Å². The Hall–Kier alpha value is -1.30. The Morgan fingerprint density at radius 2 is 1.91 bits per heavy atom. The molecule has 0 heterocycles. The van der Waals surface area contributed by atoms with Crippen LogP contribution < -0.4 is 15.5 Å². The molecule has 122 valence electrons. The summed E-state index contributed by atoms with van der Waals surface area (Å²) in [4.78, 5) is 24.2. The first kappa shape index (κ1) is 18.7. The van der Waals surface area contributed by atoms with Crippen molar-refractivity contribution in [1.29, 1.82) is 0 Å². The molecule has 0 bridgehead atoms. The van der Waals surface area contributed by atoms with Crippen molar-refractivity contribution >= 4 is 35.0 Å². The highest BCUT2D eigenvalue weighted by Crippen LogP contribution is 2.19. The number of hydrogen-bond donors (Lipinski definition) is 3. The number of halogens is 2. The minimum absolute atomic E-state index is 0.00775. The molecule has 0 aromatic heterocycles. The molecule has 0 aliphatic heterocycles. The maximum absolute atomic E-state index is 11.8. The molecule has 0 aliphatic rings. The molecule has 1 aromatic carbocycles. The van der Waals surface area contributed by atoms with E-state index in [-0.39, 0.29) is 24.9 Å². The Morgan fingerprint density at radius 3 is 2.55 bits per heavy atom. The molecule has 1 aromatic rings. The number of carbonyl (C=O) groups is 2. The van der Waals surface area contributed by atoms with Gasteiger partial charge in [0, 0.05) is 17.1 Å². The molecule has 0 aliphatic carbocycles. The molecule has 1 atom stereocenters. The molecule has 0 spiro atoms. The van der Waals surface area contributed by atoms with Gasteiger partial charge in [-0.3, -0.25) is 9.59 Å². The molecule has 1 unspecified atom stereocenters. The van der Waals surface area contributed by atoms with Gasteiger partial charge in [0.1, 0.15) is 6.54 Å². The van der Waals surface area contributed by atoms with E-state index in [1.807, 2.05) is 20.0 Å². The second kappa shape index (κ2) is 9.66. The number of benzene rings is 1. The summed E-state index contributed by atoms with van der Waals surface area (Å²) in [6.07, 6.45) is 0.869. The lowest BCUT2D eigenvalue weighted by Crippen LogP contribution is -3.08. The van der Waals surface area contributed by atoms with Crippen LogP contribution in [0.4, 0.5) is 0 Å². The van der Waals surface area contributed by atoms with Gasteiger partial charge in [-0.15, -0.1) is 0 Å². The van der Waals surface area contributed by atoms with Crippen LogP contribution in [0.5, 0.6) is 0 Å². The van der Waals surface area contributed by atoms with Gasteiger partial charge in [0.15, 0.2) is 6.54 Å². The maximum atomic E-state index is 11.8. The van der Waals surface area contributed by atoms with Crippen LogP contribution in [0, 0.1) is 0 Å². The molecule has 0 saturated carbocycles. The van der Waals surface area contributed by atoms with Crippen molar-refractivity contribution in [3.05, 3.63) is 33.8 Å². The fraction of sp³-hybridized carbons (Fsp3) is 0.467. The summed E-state index contributed by atoms with van der Waals surface area (Å²) in [6, 6.07) is 5.31. The minimum atomic E-state index is -0.173. The smallest absolute Gasteiger partial charge is 0.275 e. The second-order valence-electron chi connectivity index (χ2n) is 5.17. The van der Waals surface area contributed by atoms with Crippen LogP contribution in [-0.4, -0.2) is 38.5 Å². The van der Waals surface area contributed by atoms with Crippen molar-refractivity contribution in [3.63, 3.8) is 0 Å². The Balaban J connectivity index is 2.36. The zero-order valence-electron chi connectivity index (χ0n) is 12.8. The average Bonchev–Trinajstić information content (AvgIpc) is 2.46. The topological polar surface area (TPSA) is 62.6 Å². The van der Waals surface area contributed by atoms with E-state index in [1.165, 1.54) is 0 Å². The van der Waals surface area contributed by atoms with E-state index in [9.17, 15) is 9.59 Å². The summed E-state index contributed by atoms with van der Waals surface area (Å²) < 4.78 is 0. The van der Waals surface area contributed by atoms with Crippen LogP contribution in [0.1, 0.15) is 18.9 Å². The zero-order valence-corrected chi connectivity index (χ0v) is 14.4. The number of quaternary nitrogens is 1. The van der Waals surface area contributed by atoms with Crippen LogP contribution in [0.25, 0.3) is 0 Å². The Bertz CT molecular complexity index is 524. The van der Waals surface area contributed by atoms with E-state index < -0.39 is 0 Å². The molecule has 1 rings (SSSR count). The van der Waals surface area contributed by atoms with Gasteiger partial charge in [0.2, 0.25) is 5.91 Å². The van der Waals surface area contributed by atoms with Crippen molar-refractivity contribution in [1.82, 2.24) is 10.6 Å². The number of likely N-dealkylation sites (N-methyl/N-ethyl adjacent to an activating group) is 1. The van der Waals surface area contributed by atoms with Crippen molar-refractivity contribution in [3.8, 4) is 0 Å². The fourth-order valence-corrected chi connectivity index (χ4v) is 2.37. The molecule has 22 heavy (non-hydrogen) atoms.